The number of piperazine rings is 1. The monoisotopic (exact) mass is 224 g/mol. The molecule has 1 amide bonds. The zero-order chi connectivity index (χ0) is 11.8. The SMILES string of the molecule is CC1(C(=O)N2CCNCC2(C)C)CCCC1. The second-order valence-electron chi connectivity index (χ2n) is 6.21. The molecule has 1 N–H and O–H groups in total. The Hall–Kier alpha value is -0.570. The number of amides is 1. The molecule has 92 valence electrons. The molecular weight excluding hydrogens is 200 g/mol. The Labute approximate surface area is 98.6 Å². The van der Waals surface area contributed by atoms with Crippen molar-refractivity contribution in [1.29, 1.82) is 0 Å². The molecule has 0 atom stereocenters. The van der Waals surface area contributed by atoms with Gasteiger partial charge < -0.3 is 10.2 Å². The van der Waals surface area contributed by atoms with Gasteiger partial charge in [-0.1, -0.05) is 19.8 Å². The van der Waals surface area contributed by atoms with Crippen molar-refractivity contribution in [3.63, 3.8) is 0 Å². The van der Waals surface area contributed by atoms with Crippen molar-refractivity contribution < 1.29 is 4.79 Å². The first-order valence-corrected chi connectivity index (χ1v) is 6.49. The van der Waals surface area contributed by atoms with Crippen LogP contribution in [0.2, 0.25) is 0 Å². The molecule has 1 aliphatic heterocycles. The first-order chi connectivity index (χ1) is 7.46. The van der Waals surface area contributed by atoms with Gasteiger partial charge in [0, 0.05) is 30.6 Å². The van der Waals surface area contributed by atoms with E-state index in [0.29, 0.717) is 5.91 Å². The zero-order valence-corrected chi connectivity index (χ0v) is 10.8. The lowest BCUT2D eigenvalue weighted by molar-refractivity contribution is -0.147. The summed E-state index contributed by atoms with van der Waals surface area (Å²) in [7, 11) is 0. The third kappa shape index (κ3) is 1.97. The van der Waals surface area contributed by atoms with E-state index < -0.39 is 0 Å². The Morgan fingerprint density at radius 2 is 1.81 bits per heavy atom. The van der Waals surface area contributed by atoms with Crippen molar-refractivity contribution in [1.82, 2.24) is 10.2 Å². The zero-order valence-electron chi connectivity index (χ0n) is 10.8. The molecule has 0 unspecified atom stereocenters. The van der Waals surface area contributed by atoms with E-state index in [1.807, 2.05) is 0 Å². The summed E-state index contributed by atoms with van der Waals surface area (Å²) in [4.78, 5) is 14.7. The molecule has 1 aliphatic carbocycles. The Morgan fingerprint density at radius 1 is 1.19 bits per heavy atom. The molecule has 0 spiro atoms. The third-order valence-corrected chi connectivity index (χ3v) is 4.27. The number of carbonyl (C=O) groups is 1. The summed E-state index contributed by atoms with van der Waals surface area (Å²) in [6.07, 6.45) is 4.58. The molecule has 1 saturated heterocycles. The second-order valence-corrected chi connectivity index (χ2v) is 6.21. The maximum Gasteiger partial charge on any atom is 0.229 e. The van der Waals surface area contributed by atoms with Gasteiger partial charge in [0.15, 0.2) is 0 Å². The molecule has 1 saturated carbocycles. The van der Waals surface area contributed by atoms with Crippen molar-refractivity contribution >= 4 is 5.91 Å². The molecular formula is C13H24N2O. The lowest BCUT2D eigenvalue weighted by atomic mass is 9.84. The molecule has 0 aromatic carbocycles. The smallest absolute Gasteiger partial charge is 0.229 e. The van der Waals surface area contributed by atoms with Gasteiger partial charge in [-0.3, -0.25) is 4.79 Å². The van der Waals surface area contributed by atoms with Crippen LogP contribution in [0.3, 0.4) is 0 Å². The van der Waals surface area contributed by atoms with Gasteiger partial charge in [-0.25, -0.2) is 0 Å². The van der Waals surface area contributed by atoms with E-state index in [2.05, 4.69) is 31.0 Å². The van der Waals surface area contributed by atoms with Crippen LogP contribution in [0, 0.1) is 5.41 Å². The summed E-state index contributed by atoms with van der Waals surface area (Å²) < 4.78 is 0. The van der Waals surface area contributed by atoms with E-state index in [-0.39, 0.29) is 11.0 Å². The van der Waals surface area contributed by atoms with Gasteiger partial charge in [-0.15, -0.1) is 0 Å². The molecule has 0 bridgehead atoms. The summed E-state index contributed by atoms with van der Waals surface area (Å²) in [6, 6.07) is 0. The number of carbonyl (C=O) groups excluding carboxylic acids is 1. The first kappa shape index (κ1) is 11.9. The van der Waals surface area contributed by atoms with Gasteiger partial charge in [-0.05, 0) is 26.7 Å². The fraction of sp³-hybridized carbons (Fsp3) is 0.923. The van der Waals surface area contributed by atoms with E-state index in [1.54, 1.807) is 0 Å². The first-order valence-electron chi connectivity index (χ1n) is 6.49. The van der Waals surface area contributed by atoms with E-state index in [4.69, 9.17) is 0 Å². The van der Waals surface area contributed by atoms with Gasteiger partial charge in [0.2, 0.25) is 5.91 Å². The minimum Gasteiger partial charge on any atom is -0.335 e. The van der Waals surface area contributed by atoms with E-state index in [0.717, 1.165) is 32.5 Å². The summed E-state index contributed by atoms with van der Waals surface area (Å²) in [5, 5.41) is 3.37. The summed E-state index contributed by atoms with van der Waals surface area (Å²) >= 11 is 0. The number of rotatable bonds is 1. The van der Waals surface area contributed by atoms with Crippen molar-refractivity contribution in [2.75, 3.05) is 19.6 Å². The van der Waals surface area contributed by atoms with Crippen LogP contribution >= 0.6 is 0 Å². The Bertz CT molecular complexity index is 280. The Morgan fingerprint density at radius 3 is 2.38 bits per heavy atom. The molecule has 16 heavy (non-hydrogen) atoms. The lowest BCUT2D eigenvalue weighted by Crippen LogP contribution is -2.62. The molecule has 1 heterocycles. The van der Waals surface area contributed by atoms with Gasteiger partial charge in [0.25, 0.3) is 0 Å². The average Bonchev–Trinajstić information content (AvgIpc) is 2.65. The van der Waals surface area contributed by atoms with Gasteiger partial charge in [-0.2, -0.15) is 0 Å². The van der Waals surface area contributed by atoms with Gasteiger partial charge >= 0.3 is 0 Å². The van der Waals surface area contributed by atoms with Crippen molar-refractivity contribution in [2.24, 2.45) is 5.41 Å². The minimum absolute atomic E-state index is 0.0269. The van der Waals surface area contributed by atoms with Crippen molar-refractivity contribution in [3.8, 4) is 0 Å². The van der Waals surface area contributed by atoms with E-state index >= 15 is 0 Å². The second kappa shape index (κ2) is 4.02. The van der Waals surface area contributed by atoms with Crippen molar-refractivity contribution in [2.45, 2.75) is 52.0 Å². The molecule has 0 radical (unpaired) electrons. The normalized spacial score (nSPS) is 28.1. The van der Waals surface area contributed by atoms with Crippen molar-refractivity contribution in [3.05, 3.63) is 0 Å². The minimum atomic E-state index is -0.0748. The number of hydrogen-bond donors (Lipinski definition) is 1. The van der Waals surface area contributed by atoms with E-state index in [1.165, 1.54) is 12.8 Å². The quantitative estimate of drug-likeness (QED) is 0.736. The lowest BCUT2D eigenvalue weighted by Gasteiger charge is -2.46. The largest absolute Gasteiger partial charge is 0.335 e. The maximum absolute atomic E-state index is 12.6. The van der Waals surface area contributed by atoms with Crippen LogP contribution in [0.15, 0.2) is 0 Å². The number of nitrogens with one attached hydrogen (secondary N) is 1. The molecule has 2 aliphatic rings. The highest BCUT2D eigenvalue weighted by molar-refractivity contribution is 5.83. The molecule has 3 nitrogen and oxygen atoms in total. The highest BCUT2D eigenvalue weighted by Crippen LogP contribution is 2.40. The fourth-order valence-electron chi connectivity index (χ4n) is 3.05. The van der Waals surface area contributed by atoms with Crippen LogP contribution in [0.25, 0.3) is 0 Å². The molecule has 0 aromatic heterocycles. The van der Waals surface area contributed by atoms with Crippen LogP contribution < -0.4 is 5.32 Å². The fourth-order valence-corrected chi connectivity index (χ4v) is 3.05. The number of nitrogens with zero attached hydrogens (tertiary/aromatic N) is 1. The Kier molecular flexibility index (Phi) is 2.99. The average molecular weight is 224 g/mol. The van der Waals surface area contributed by atoms with Gasteiger partial charge in [0.1, 0.15) is 0 Å². The predicted molar refractivity (Wildman–Crippen MR) is 65.2 cm³/mol. The molecule has 0 aromatic rings. The van der Waals surface area contributed by atoms with E-state index in [9.17, 15) is 4.79 Å². The summed E-state index contributed by atoms with van der Waals surface area (Å²) in [5.74, 6) is 0.386. The third-order valence-electron chi connectivity index (χ3n) is 4.27. The highest BCUT2D eigenvalue weighted by atomic mass is 16.2. The van der Waals surface area contributed by atoms with Crippen LogP contribution in [-0.4, -0.2) is 36.0 Å². The topological polar surface area (TPSA) is 32.3 Å². The van der Waals surface area contributed by atoms with Crippen LogP contribution in [-0.2, 0) is 4.79 Å². The van der Waals surface area contributed by atoms with Crippen LogP contribution in [0.4, 0.5) is 0 Å². The maximum atomic E-state index is 12.6. The predicted octanol–water partition coefficient (Wildman–Crippen LogP) is 1.78. The number of hydrogen-bond acceptors (Lipinski definition) is 2. The summed E-state index contributed by atoms with van der Waals surface area (Å²) in [5.41, 5.74) is -0.102. The van der Waals surface area contributed by atoms with Crippen LogP contribution in [0.5, 0.6) is 0 Å². The van der Waals surface area contributed by atoms with Crippen LogP contribution in [0.1, 0.15) is 46.5 Å². The molecule has 2 rings (SSSR count). The van der Waals surface area contributed by atoms with Gasteiger partial charge in [0.05, 0.1) is 0 Å². The molecule has 3 heteroatoms. The summed E-state index contributed by atoms with van der Waals surface area (Å²) in [6.45, 7) is 9.19. The Balaban J connectivity index is 2.13. The highest BCUT2D eigenvalue weighted by Gasteiger charge is 2.43. The standard InChI is InChI=1S/C13H24N2O/c1-12(2)10-14-8-9-15(12)11(16)13(3)6-4-5-7-13/h14H,4-10H2,1-3H3. The molecule has 2 fully saturated rings.